The Labute approximate surface area is 142 Å². The Hall–Kier alpha value is -2.10. The van der Waals surface area contributed by atoms with E-state index in [2.05, 4.69) is 17.2 Å². The third-order valence-corrected chi connectivity index (χ3v) is 5.74. The second kappa shape index (κ2) is 6.42. The summed E-state index contributed by atoms with van der Waals surface area (Å²) >= 11 is 0. The van der Waals surface area contributed by atoms with Crippen molar-refractivity contribution in [1.29, 1.82) is 0 Å². The summed E-state index contributed by atoms with van der Waals surface area (Å²) < 4.78 is 5.51. The van der Waals surface area contributed by atoms with Crippen molar-refractivity contribution >= 4 is 5.91 Å². The standard InChI is InChI=1S/C20H24N2O2/c1-13(18-10-14-7-8-16(18)9-14)21-19(23)11-17-12-24-20(22-17)15-5-3-2-4-6-15/h2-6,12-14,16,18H,7-11H2,1H3,(H,21,23)/t13-,14-,16-,18+/m0/s1. The highest BCUT2D eigenvalue weighted by Crippen LogP contribution is 2.49. The summed E-state index contributed by atoms with van der Waals surface area (Å²) in [4.78, 5) is 16.8. The first-order valence-corrected chi connectivity index (χ1v) is 8.98. The molecule has 0 spiro atoms. The SMILES string of the molecule is C[C@H](NC(=O)Cc1coc(-c2ccccc2)n1)[C@H]1C[C@H]2CC[C@H]1C2. The van der Waals surface area contributed by atoms with Crippen LogP contribution >= 0.6 is 0 Å². The Morgan fingerprint density at radius 3 is 2.83 bits per heavy atom. The van der Waals surface area contributed by atoms with E-state index in [4.69, 9.17) is 4.42 Å². The Morgan fingerprint density at radius 2 is 2.12 bits per heavy atom. The largest absolute Gasteiger partial charge is 0.444 e. The molecule has 2 saturated carbocycles. The van der Waals surface area contributed by atoms with Crippen LogP contribution in [0.25, 0.3) is 11.5 Å². The van der Waals surface area contributed by atoms with E-state index in [9.17, 15) is 4.79 Å². The van der Waals surface area contributed by atoms with Gasteiger partial charge in [-0.15, -0.1) is 0 Å². The first-order valence-electron chi connectivity index (χ1n) is 8.98. The van der Waals surface area contributed by atoms with Gasteiger partial charge in [-0.05, 0) is 56.1 Å². The molecule has 126 valence electrons. The van der Waals surface area contributed by atoms with E-state index in [1.165, 1.54) is 25.7 Å². The zero-order valence-electron chi connectivity index (χ0n) is 14.1. The molecule has 1 amide bonds. The van der Waals surface area contributed by atoms with Gasteiger partial charge in [0.25, 0.3) is 0 Å². The maximum absolute atomic E-state index is 12.3. The number of nitrogens with one attached hydrogen (secondary N) is 1. The summed E-state index contributed by atoms with van der Waals surface area (Å²) in [6, 6.07) is 10.0. The van der Waals surface area contributed by atoms with E-state index in [0.717, 1.165) is 17.4 Å². The average molecular weight is 324 g/mol. The van der Waals surface area contributed by atoms with Crippen LogP contribution < -0.4 is 5.32 Å². The zero-order chi connectivity index (χ0) is 16.5. The van der Waals surface area contributed by atoms with Crippen LogP contribution in [0.3, 0.4) is 0 Å². The fraction of sp³-hybridized carbons (Fsp3) is 0.500. The van der Waals surface area contributed by atoms with Gasteiger partial charge in [-0.3, -0.25) is 4.79 Å². The van der Waals surface area contributed by atoms with Crippen LogP contribution in [0.1, 0.15) is 38.3 Å². The second-order valence-corrected chi connectivity index (χ2v) is 7.38. The number of rotatable bonds is 5. The summed E-state index contributed by atoms with van der Waals surface area (Å²) in [6.07, 6.45) is 7.26. The number of fused-ring (bicyclic) bond motifs is 2. The monoisotopic (exact) mass is 324 g/mol. The maximum Gasteiger partial charge on any atom is 0.226 e. The Morgan fingerprint density at radius 1 is 1.29 bits per heavy atom. The van der Waals surface area contributed by atoms with Gasteiger partial charge in [0.15, 0.2) is 0 Å². The Balaban J connectivity index is 1.34. The minimum Gasteiger partial charge on any atom is -0.444 e. The number of carbonyl (C=O) groups excluding carboxylic acids is 1. The Bertz CT molecular complexity index is 709. The predicted molar refractivity (Wildman–Crippen MR) is 92.2 cm³/mol. The molecule has 1 aromatic carbocycles. The smallest absolute Gasteiger partial charge is 0.226 e. The third kappa shape index (κ3) is 3.10. The zero-order valence-corrected chi connectivity index (χ0v) is 14.1. The summed E-state index contributed by atoms with van der Waals surface area (Å²) in [5.41, 5.74) is 1.62. The van der Waals surface area contributed by atoms with Crippen molar-refractivity contribution in [2.45, 2.75) is 45.1 Å². The average Bonchev–Trinajstić information content (AvgIpc) is 3.32. The highest BCUT2D eigenvalue weighted by atomic mass is 16.3. The van der Waals surface area contributed by atoms with Crippen LogP contribution in [0.15, 0.2) is 41.0 Å². The van der Waals surface area contributed by atoms with E-state index in [1.54, 1.807) is 6.26 Å². The van der Waals surface area contributed by atoms with Gasteiger partial charge < -0.3 is 9.73 Å². The number of nitrogens with zero attached hydrogens (tertiary/aromatic N) is 1. The van der Waals surface area contributed by atoms with Gasteiger partial charge in [0.2, 0.25) is 11.8 Å². The van der Waals surface area contributed by atoms with Crippen molar-refractivity contribution in [1.82, 2.24) is 10.3 Å². The highest BCUT2D eigenvalue weighted by molar-refractivity contribution is 5.78. The Kier molecular flexibility index (Phi) is 4.13. The van der Waals surface area contributed by atoms with E-state index in [1.807, 2.05) is 30.3 Å². The van der Waals surface area contributed by atoms with Crippen LogP contribution in [0, 0.1) is 17.8 Å². The van der Waals surface area contributed by atoms with Gasteiger partial charge in [-0.2, -0.15) is 0 Å². The summed E-state index contributed by atoms with van der Waals surface area (Å²) in [7, 11) is 0. The van der Waals surface area contributed by atoms with Gasteiger partial charge >= 0.3 is 0 Å². The molecule has 4 nitrogen and oxygen atoms in total. The summed E-state index contributed by atoms with van der Waals surface area (Å²) in [5.74, 6) is 2.99. The van der Waals surface area contributed by atoms with Crippen molar-refractivity contribution in [3.63, 3.8) is 0 Å². The van der Waals surface area contributed by atoms with Gasteiger partial charge in [-0.25, -0.2) is 4.98 Å². The minimum absolute atomic E-state index is 0.0400. The quantitative estimate of drug-likeness (QED) is 0.909. The van der Waals surface area contributed by atoms with Crippen molar-refractivity contribution in [2.24, 2.45) is 17.8 Å². The number of benzene rings is 1. The summed E-state index contributed by atoms with van der Waals surface area (Å²) in [5, 5.41) is 3.18. The molecule has 1 aromatic heterocycles. The normalized spacial score (nSPS) is 26.5. The molecule has 24 heavy (non-hydrogen) atoms. The molecule has 0 radical (unpaired) electrons. The molecule has 0 aliphatic heterocycles. The number of carbonyl (C=O) groups is 1. The third-order valence-electron chi connectivity index (χ3n) is 5.74. The van der Waals surface area contributed by atoms with Crippen LogP contribution in [-0.2, 0) is 11.2 Å². The van der Waals surface area contributed by atoms with Crippen molar-refractivity contribution < 1.29 is 9.21 Å². The minimum atomic E-state index is 0.0400. The van der Waals surface area contributed by atoms with E-state index in [0.29, 0.717) is 17.5 Å². The van der Waals surface area contributed by atoms with Crippen molar-refractivity contribution in [3.05, 3.63) is 42.3 Å². The number of amides is 1. The van der Waals surface area contributed by atoms with E-state index >= 15 is 0 Å². The molecule has 2 fully saturated rings. The molecule has 0 unspecified atom stereocenters. The highest BCUT2D eigenvalue weighted by Gasteiger charge is 2.42. The predicted octanol–water partition coefficient (Wildman–Crippen LogP) is 3.83. The number of oxazole rings is 1. The van der Waals surface area contributed by atoms with Gasteiger partial charge in [0.05, 0.1) is 12.1 Å². The molecule has 2 bridgehead atoms. The van der Waals surface area contributed by atoms with Crippen molar-refractivity contribution in [3.8, 4) is 11.5 Å². The van der Waals surface area contributed by atoms with Crippen LogP contribution in [0.2, 0.25) is 0 Å². The molecule has 4 atom stereocenters. The maximum atomic E-state index is 12.3. The molecule has 2 aromatic rings. The van der Waals surface area contributed by atoms with Gasteiger partial charge in [-0.1, -0.05) is 24.6 Å². The molecule has 1 N–H and O–H groups in total. The second-order valence-electron chi connectivity index (χ2n) is 7.38. The topological polar surface area (TPSA) is 55.1 Å². The first kappa shape index (κ1) is 15.4. The lowest BCUT2D eigenvalue weighted by Crippen LogP contribution is -2.40. The number of hydrogen-bond donors (Lipinski definition) is 1. The van der Waals surface area contributed by atoms with Crippen molar-refractivity contribution in [2.75, 3.05) is 0 Å². The lowest BCUT2D eigenvalue weighted by Gasteiger charge is -2.28. The molecule has 1 heterocycles. The molecule has 4 rings (SSSR count). The van der Waals surface area contributed by atoms with E-state index in [-0.39, 0.29) is 18.4 Å². The fourth-order valence-electron chi connectivity index (χ4n) is 4.58. The van der Waals surface area contributed by atoms with Gasteiger partial charge in [0.1, 0.15) is 6.26 Å². The molecule has 0 saturated heterocycles. The fourth-order valence-corrected chi connectivity index (χ4v) is 4.58. The van der Waals surface area contributed by atoms with E-state index < -0.39 is 0 Å². The lowest BCUT2D eigenvalue weighted by molar-refractivity contribution is -0.121. The molecule has 2 aliphatic rings. The van der Waals surface area contributed by atoms with Crippen LogP contribution in [0.5, 0.6) is 0 Å². The number of hydrogen-bond acceptors (Lipinski definition) is 3. The first-order chi connectivity index (χ1) is 11.7. The molecular formula is C20H24N2O2. The molecule has 2 aliphatic carbocycles. The molecular weight excluding hydrogens is 300 g/mol. The summed E-state index contributed by atoms with van der Waals surface area (Å²) in [6.45, 7) is 2.15. The van der Waals surface area contributed by atoms with Crippen LogP contribution in [0.4, 0.5) is 0 Å². The lowest BCUT2D eigenvalue weighted by atomic mass is 9.84. The van der Waals surface area contributed by atoms with Crippen LogP contribution in [-0.4, -0.2) is 16.9 Å². The number of aromatic nitrogens is 1. The molecule has 4 heteroatoms. The van der Waals surface area contributed by atoms with Gasteiger partial charge in [0, 0.05) is 11.6 Å².